The third-order valence-corrected chi connectivity index (χ3v) is 14.0. The minimum Gasteiger partial charge on any atom is -0.371 e. The fraction of sp³-hybridized carbons (Fsp3) is 0.404. The molecule has 0 spiro atoms. The molecule has 0 bridgehead atoms. The Morgan fingerprint density at radius 3 is 2.19 bits per heavy atom. The van der Waals surface area contributed by atoms with Crippen molar-refractivity contribution in [2.24, 2.45) is 5.92 Å². The molecule has 4 aliphatic rings. The lowest BCUT2D eigenvalue weighted by atomic mass is 9.84. The van der Waals surface area contributed by atoms with Crippen LogP contribution in [0.3, 0.4) is 0 Å². The first-order valence-electron chi connectivity index (χ1n) is 23.0. The topological polar surface area (TPSA) is 104 Å². The van der Waals surface area contributed by atoms with Gasteiger partial charge in [-0.05, 0) is 122 Å². The van der Waals surface area contributed by atoms with E-state index in [4.69, 9.17) is 0 Å². The minimum atomic E-state index is -0.113. The van der Waals surface area contributed by atoms with Crippen molar-refractivity contribution in [1.29, 1.82) is 5.26 Å². The highest BCUT2D eigenvalue weighted by atomic mass is 19.1. The van der Waals surface area contributed by atoms with E-state index >= 15 is 0 Å². The second-order valence-corrected chi connectivity index (χ2v) is 18.0. The van der Waals surface area contributed by atoms with Crippen molar-refractivity contribution in [3.05, 3.63) is 136 Å². The number of carbonyl (C=O) groups is 2. The molecular weight excluding hydrogens is 802 g/mol. The molecule has 11 nitrogen and oxygen atoms in total. The molecule has 5 aromatic rings. The maximum absolute atomic E-state index is 14.6. The molecule has 64 heavy (non-hydrogen) atoms. The Balaban J connectivity index is 0.817. The number of pyridine rings is 2. The van der Waals surface area contributed by atoms with Crippen molar-refractivity contribution in [3.8, 4) is 17.2 Å². The molecule has 3 aromatic heterocycles. The quantitative estimate of drug-likeness (QED) is 0.142. The summed E-state index contributed by atoms with van der Waals surface area (Å²) in [5.41, 5.74) is 11.8. The summed E-state index contributed by atoms with van der Waals surface area (Å²) in [6, 6.07) is 22.8. The van der Waals surface area contributed by atoms with E-state index < -0.39 is 0 Å². The summed E-state index contributed by atoms with van der Waals surface area (Å²) in [4.78, 5) is 41.9. The molecule has 9 rings (SSSR count). The summed E-state index contributed by atoms with van der Waals surface area (Å²) in [7, 11) is 0. The number of anilines is 1. The first-order chi connectivity index (χ1) is 31.1. The van der Waals surface area contributed by atoms with Crippen LogP contribution in [0.15, 0.2) is 97.1 Å². The number of halogens is 1. The van der Waals surface area contributed by atoms with Gasteiger partial charge >= 0.3 is 0 Å². The number of carbonyl (C=O) groups excluding carboxylic acids is 2. The summed E-state index contributed by atoms with van der Waals surface area (Å²) in [6.45, 7) is 14.1. The number of piperidine rings is 1. The Bertz CT molecular complexity index is 2600. The number of allylic oxidation sites excluding steroid dienone is 4. The van der Waals surface area contributed by atoms with Crippen molar-refractivity contribution >= 4 is 28.6 Å². The molecule has 3 fully saturated rings. The van der Waals surface area contributed by atoms with Crippen molar-refractivity contribution in [3.63, 3.8) is 0 Å². The van der Waals surface area contributed by atoms with E-state index in [1.54, 1.807) is 12.3 Å². The maximum Gasteiger partial charge on any atom is 0.236 e. The number of aromatic nitrogens is 3. The maximum atomic E-state index is 14.6. The van der Waals surface area contributed by atoms with E-state index in [9.17, 15) is 19.2 Å². The molecule has 0 radical (unpaired) electrons. The fourth-order valence-electron chi connectivity index (χ4n) is 10.0. The van der Waals surface area contributed by atoms with Crippen LogP contribution < -0.4 is 4.90 Å². The second kappa shape index (κ2) is 18.8. The molecule has 6 heterocycles. The molecule has 0 N–H and O–H groups in total. The smallest absolute Gasteiger partial charge is 0.236 e. The Labute approximate surface area is 376 Å². The highest BCUT2D eigenvalue weighted by Gasteiger charge is 2.29. The zero-order valence-corrected chi connectivity index (χ0v) is 37.3. The van der Waals surface area contributed by atoms with Gasteiger partial charge in [-0.2, -0.15) is 10.4 Å². The Morgan fingerprint density at radius 2 is 1.53 bits per heavy atom. The van der Waals surface area contributed by atoms with E-state index in [1.165, 1.54) is 16.8 Å². The largest absolute Gasteiger partial charge is 0.371 e. The van der Waals surface area contributed by atoms with Crippen LogP contribution in [0, 0.1) is 30.0 Å². The van der Waals surface area contributed by atoms with E-state index in [2.05, 4.69) is 93.2 Å². The SMILES string of the molecule is CCc1ccc(CC(=O)N2CCN(C3=CC=C(c4cc(-c5ccc(N6CCN(C(=O)CN7CCC(c8ccc(C)cc8F)CC7)CC6)cc5)cn5ncc(C#N)c45)C(C)C3)CC2)nc1. The second-order valence-electron chi connectivity index (χ2n) is 18.0. The van der Waals surface area contributed by atoms with E-state index in [-0.39, 0.29) is 29.5 Å². The molecule has 2 amide bonds. The Kier molecular flexibility index (Phi) is 12.6. The number of benzene rings is 2. The molecule has 2 aromatic carbocycles. The van der Waals surface area contributed by atoms with Gasteiger partial charge in [-0.15, -0.1) is 0 Å². The number of likely N-dealkylation sites (tertiary alicyclic amines) is 1. The zero-order chi connectivity index (χ0) is 44.3. The Hall–Kier alpha value is -6.32. The molecule has 1 unspecified atom stereocenters. The standard InChI is InChI=1S/C52H58FN9O2/c1-4-38-6-9-43(55-32-38)30-50(63)60-23-21-59(22-24-60)45-12-14-46(37(3)28-45)48-29-41(34-62-52(48)42(31-54)33-56-62)39-7-10-44(11-8-39)58-19-25-61(26-20-58)51(64)35-57-17-15-40(16-18-57)47-13-5-36(2)27-49(47)53/h5-14,27,29,32-34,37,40H,4,15-26,28,30,35H2,1-3H3. The normalized spacial score (nSPS) is 18.8. The molecule has 330 valence electrons. The molecule has 1 aliphatic carbocycles. The van der Waals surface area contributed by atoms with E-state index in [1.807, 2.05) is 51.8 Å². The van der Waals surface area contributed by atoms with E-state index in [0.29, 0.717) is 44.7 Å². The summed E-state index contributed by atoms with van der Waals surface area (Å²) >= 11 is 0. The van der Waals surface area contributed by atoms with Gasteiger partial charge < -0.3 is 19.6 Å². The van der Waals surface area contributed by atoms with Gasteiger partial charge in [0.25, 0.3) is 0 Å². The van der Waals surface area contributed by atoms with Crippen LogP contribution in [-0.2, 0) is 22.4 Å². The zero-order valence-electron chi connectivity index (χ0n) is 37.3. The van der Waals surface area contributed by atoms with Crippen LogP contribution >= 0.6 is 0 Å². The lowest BCUT2D eigenvalue weighted by Crippen LogP contribution is -2.51. The van der Waals surface area contributed by atoms with Crippen molar-refractivity contribution in [2.45, 2.75) is 58.8 Å². The van der Waals surface area contributed by atoms with Gasteiger partial charge in [0.2, 0.25) is 11.8 Å². The monoisotopic (exact) mass is 859 g/mol. The number of hydrogen-bond acceptors (Lipinski definition) is 8. The van der Waals surface area contributed by atoms with E-state index in [0.717, 1.165) is 110 Å². The van der Waals surface area contributed by atoms with Crippen LogP contribution in [-0.4, -0.2) is 118 Å². The predicted octanol–water partition coefficient (Wildman–Crippen LogP) is 7.50. The average molecular weight is 860 g/mol. The Morgan fingerprint density at radius 1 is 0.812 bits per heavy atom. The number of amides is 2. The number of nitriles is 1. The van der Waals surface area contributed by atoms with Gasteiger partial charge in [0, 0.05) is 93.0 Å². The summed E-state index contributed by atoms with van der Waals surface area (Å²) in [5.74, 6) is 0.589. The summed E-state index contributed by atoms with van der Waals surface area (Å²) in [5, 5.41) is 14.7. The highest BCUT2D eigenvalue weighted by Crippen LogP contribution is 2.39. The van der Waals surface area contributed by atoms with Gasteiger partial charge in [0.05, 0.1) is 30.2 Å². The average Bonchev–Trinajstić information content (AvgIpc) is 3.75. The first-order valence-corrected chi connectivity index (χ1v) is 23.0. The van der Waals surface area contributed by atoms with Gasteiger partial charge in [-0.3, -0.25) is 19.5 Å². The lowest BCUT2D eigenvalue weighted by molar-refractivity contribution is -0.133. The summed E-state index contributed by atoms with van der Waals surface area (Å²) < 4.78 is 16.5. The summed E-state index contributed by atoms with van der Waals surface area (Å²) in [6.07, 6.45) is 13.8. The molecule has 3 saturated heterocycles. The molecule has 3 aliphatic heterocycles. The third kappa shape index (κ3) is 9.18. The number of hydrogen-bond donors (Lipinski definition) is 0. The molecule has 0 saturated carbocycles. The lowest BCUT2D eigenvalue weighted by Gasteiger charge is -2.39. The number of aryl methyl sites for hydroxylation is 2. The number of piperazine rings is 2. The van der Waals surface area contributed by atoms with Crippen LogP contribution in [0.25, 0.3) is 22.2 Å². The van der Waals surface area contributed by atoms with Crippen molar-refractivity contribution in [2.75, 3.05) is 76.9 Å². The van der Waals surface area contributed by atoms with Crippen molar-refractivity contribution < 1.29 is 14.0 Å². The molecular formula is C52H58FN9O2. The van der Waals surface area contributed by atoms with Crippen LogP contribution in [0.4, 0.5) is 10.1 Å². The van der Waals surface area contributed by atoms with Gasteiger partial charge in [-0.1, -0.05) is 50.3 Å². The van der Waals surface area contributed by atoms with Crippen LogP contribution in [0.1, 0.15) is 72.5 Å². The van der Waals surface area contributed by atoms with Gasteiger partial charge in [0.1, 0.15) is 11.9 Å². The third-order valence-electron chi connectivity index (χ3n) is 14.0. The molecule has 1 atom stereocenters. The van der Waals surface area contributed by atoms with Crippen LogP contribution in [0.2, 0.25) is 0 Å². The van der Waals surface area contributed by atoms with Crippen LogP contribution in [0.5, 0.6) is 0 Å². The number of nitrogens with zero attached hydrogens (tertiary/aromatic N) is 9. The number of rotatable bonds is 10. The van der Waals surface area contributed by atoms with Gasteiger partial charge in [-0.25, -0.2) is 8.91 Å². The first kappa shape index (κ1) is 43.0. The molecule has 12 heteroatoms. The number of fused-ring (bicyclic) bond motifs is 1. The predicted molar refractivity (Wildman–Crippen MR) is 249 cm³/mol. The minimum absolute atomic E-state index is 0.113. The van der Waals surface area contributed by atoms with Crippen molar-refractivity contribution in [1.82, 2.24) is 34.2 Å². The fourth-order valence-corrected chi connectivity index (χ4v) is 10.0. The highest BCUT2D eigenvalue weighted by molar-refractivity contribution is 5.87. The van der Waals surface area contributed by atoms with Gasteiger partial charge in [0.15, 0.2) is 0 Å².